The summed E-state index contributed by atoms with van der Waals surface area (Å²) in [6.07, 6.45) is 0. The van der Waals surface area contributed by atoms with Crippen molar-refractivity contribution < 1.29 is 9.76 Å². The lowest BCUT2D eigenvalue weighted by Crippen LogP contribution is -1.99. The molecule has 0 unspecified atom stereocenters. The van der Waals surface area contributed by atoms with E-state index >= 15 is 0 Å². The Kier molecular flexibility index (Phi) is 4.26. The van der Waals surface area contributed by atoms with Gasteiger partial charge in [0.1, 0.15) is 6.07 Å². The van der Waals surface area contributed by atoms with Gasteiger partial charge in [0.25, 0.3) is 5.69 Å². The molecule has 2 aromatic carbocycles. The van der Waals surface area contributed by atoms with Crippen molar-refractivity contribution in [1.82, 2.24) is 0 Å². The number of benzene rings is 2. The zero-order chi connectivity index (χ0) is 15.2. The zero-order valence-electron chi connectivity index (χ0n) is 11.2. The van der Waals surface area contributed by atoms with Gasteiger partial charge in [-0.15, -0.1) is 0 Å². The number of non-ortho nitro benzene ring substituents is 1. The third-order valence-electron chi connectivity index (χ3n) is 2.78. The molecule has 0 aromatic heterocycles. The van der Waals surface area contributed by atoms with E-state index in [1.54, 1.807) is 43.3 Å². The summed E-state index contributed by atoms with van der Waals surface area (Å²) in [6, 6.07) is 14.8. The highest BCUT2D eigenvalue weighted by molar-refractivity contribution is 5.98. The van der Waals surface area contributed by atoms with Gasteiger partial charge >= 0.3 is 0 Å². The number of nitrogens with zero attached hydrogens (tertiary/aromatic N) is 3. The SMILES string of the molecule is C/C(=N/Oc1ccccc1C#N)c1ccc([N+](=O)[O-])cc1. The van der Waals surface area contributed by atoms with Crippen LogP contribution in [0.25, 0.3) is 0 Å². The molecule has 21 heavy (non-hydrogen) atoms. The molecule has 6 heteroatoms. The van der Waals surface area contributed by atoms with Crippen LogP contribution in [-0.2, 0) is 0 Å². The summed E-state index contributed by atoms with van der Waals surface area (Å²) in [5.74, 6) is 0.362. The van der Waals surface area contributed by atoms with Crippen LogP contribution in [0.2, 0.25) is 0 Å². The fraction of sp³-hybridized carbons (Fsp3) is 0.0667. The first-order valence-electron chi connectivity index (χ1n) is 6.07. The van der Waals surface area contributed by atoms with Crippen LogP contribution in [0.5, 0.6) is 5.75 Å². The number of nitro groups is 1. The van der Waals surface area contributed by atoms with Gasteiger partial charge in [-0.2, -0.15) is 5.26 Å². The molecule has 2 aromatic rings. The van der Waals surface area contributed by atoms with E-state index in [9.17, 15) is 10.1 Å². The van der Waals surface area contributed by atoms with Crippen LogP contribution in [0, 0.1) is 21.4 Å². The maximum atomic E-state index is 10.6. The summed E-state index contributed by atoms with van der Waals surface area (Å²) in [7, 11) is 0. The standard InChI is InChI=1S/C15H11N3O3/c1-11(12-6-8-14(9-7-12)18(19)20)17-21-15-5-3-2-4-13(15)10-16/h2-9H,1H3/b17-11-. The highest BCUT2D eigenvalue weighted by Crippen LogP contribution is 2.18. The molecule has 0 amide bonds. The second kappa shape index (κ2) is 6.30. The first-order chi connectivity index (χ1) is 10.1. The summed E-state index contributed by atoms with van der Waals surface area (Å²) in [6.45, 7) is 1.72. The maximum absolute atomic E-state index is 10.6. The minimum atomic E-state index is -0.462. The van der Waals surface area contributed by atoms with Crippen LogP contribution >= 0.6 is 0 Å². The molecule has 0 heterocycles. The van der Waals surface area contributed by atoms with Crippen LogP contribution in [0.1, 0.15) is 18.1 Å². The normalized spacial score (nSPS) is 10.8. The van der Waals surface area contributed by atoms with Gasteiger partial charge in [0.15, 0.2) is 5.75 Å². The number of rotatable bonds is 4. The van der Waals surface area contributed by atoms with E-state index in [0.717, 1.165) is 0 Å². The van der Waals surface area contributed by atoms with E-state index in [4.69, 9.17) is 10.1 Å². The van der Waals surface area contributed by atoms with Crippen molar-refractivity contribution in [2.24, 2.45) is 5.16 Å². The van der Waals surface area contributed by atoms with Gasteiger partial charge in [0.05, 0.1) is 16.2 Å². The average molecular weight is 281 g/mol. The van der Waals surface area contributed by atoms with Crippen LogP contribution in [0.15, 0.2) is 53.7 Å². The molecule has 0 fully saturated rings. The third-order valence-corrected chi connectivity index (χ3v) is 2.78. The van der Waals surface area contributed by atoms with Gasteiger partial charge in [0, 0.05) is 12.1 Å². The predicted octanol–water partition coefficient (Wildman–Crippen LogP) is 3.27. The van der Waals surface area contributed by atoms with Gasteiger partial charge in [0.2, 0.25) is 0 Å². The number of hydrogen-bond acceptors (Lipinski definition) is 5. The summed E-state index contributed by atoms with van der Waals surface area (Å²) < 4.78 is 0. The molecule has 0 aliphatic carbocycles. The van der Waals surface area contributed by atoms with Crippen molar-refractivity contribution in [3.63, 3.8) is 0 Å². The van der Waals surface area contributed by atoms with E-state index in [1.165, 1.54) is 12.1 Å². The largest absolute Gasteiger partial charge is 0.355 e. The maximum Gasteiger partial charge on any atom is 0.269 e. The molecule has 104 valence electrons. The second-order valence-electron chi connectivity index (χ2n) is 4.18. The Morgan fingerprint density at radius 1 is 1.24 bits per heavy atom. The molecule has 0 saturated heterocycles. The average Bonchev–Trinajstić information content (AvgIpc) is 2.52. The quantitative estimate of drug-likeness (QED) is 0.488. The molecule has 0 radical (unpaired) electrons. The molecule has 0 aliphatic rings. The van der Waals surface area contributed by atoms with Gasteiger partial charge in [-0.05, 0) is 36.8 Å². The first-order valence-corrected chi connectivity index (χ1v) is 6.07. The van der Waals surface area contributed by atoms with Crippen molar-refractivity contribution >= 4 is 11.4 Å². The van der Waals surface area contributed by atoms with Crippen molar-refractivity contribution in [2.45, 2.75) is 6.92 Å². The first kappa shape index (κ1) is 14.2. The predicted molar refractivity (Wildman–Crippen MR) is 77.1 cm³/mol. The van der Waals surface area contributed by atoms with Gasteiger partial charge < -0.3 is 4.84 Å². The van der Waals surface area contributed by atoms with Crippen molar-refractivity contribution in [1.29, 1.82) is 5.26 Å². The highest BCUT2D eigenvalue weighted by Gasteiger charge is 2.06. The Morgan fingerprint density at radius 3 is 2.52 bits per heavy atom. The Bertz CT molecular complexity index is 731. The fourth-order valence-electron chi connectivity index (χ4n) is 1.63. The van der Waals surface area contributed by atoms with E-state index < -0.39 is 4.92 Å². The smallest absolute Gasteiger partial charge is 0.269 e. The van der Waals surface area contributed by atoms with E-state index in [2.05, 4.69) is 5.16 Å². The Hall–Kier alpha value is -3.20. The van der Waals surface area contributed by atoms with Gasteiger partial charge in [-0.25, -0.2) is 0 Å². The number of para-hydroxylation sites is 1. The van der Waals surface area contributed by atoms with E-state index in [1.807, 2.05) is 6.07 Å². The van der Waals surface area contributed by atoms with Crippen molar-refractivity contribution in [3.05, 3.63) is 69.8 Å². The zero-order valence-corrected chi connectivity index (χ0v) is 11.2. The highest BCUT2D eigenvalue weighted by atomic mass is 16.6. The summed E-state index contributed by atoms with van der Waals surface area (Å²) in [4.78, 5) is 15.4. The fourth-order valence-corrected chi connectivity index (χ4v) is 1.63. The molecule has 0 spiro atoms. The molecular formula is C15H11N3O3. The topological polar surface area (TPSA) is 88.5 Å². The molecule has 0 N–H and O–H groups in total. The monoisotopic (exact) mass is 281 g/mol. The van der Waals surface area contributed by atoms with Gasteiger partial charge in [-0.1, -0.05) is 17.3 Å². The molecule has 0 bridgehead atoms. The molecule has 2 rings (SSSR count). The summed E-state index contributed by atoms with van der Waals surface area (Å²) in [5, 5.41) is 23.5. The minimum Gasteiger partial charge on any atom is -0.355 e. The molecule has 0 atom stereocenters. The number of oxime groups is 1. The summed E-state index contributed by atoms with van der Waals surface area (Å²) in [5.41, 5.74) is 1.66. The summed E-state index contributed by atoms with van der Waals surface area (Å²) >= 11 is 0. The molecular weight excluding hydrogens is 270 g/mol. The Morgan fingerprint density at radius 2 is 1.90 bits per heavy atom. The number of nitro benzene ring substituents is 1. The third kappa shape index (κ3) is 3.42. The Balaban J connectivity index is 2.18. The number of hydrogen-bond donors (Lipinski definition) is 0. The molecule has 0 aliphatic heterocycles. The van der Waals surface area contributed by atoms with Crippen molar-refractivity contribution in [2.75, 3.05) is 0 Å². The minimum absolute atomic E-state index is 0.0160. The van der Waals surface area contributed by atoms with Gasteiger partial charge in [-0.3, -0.25) is 10.1 Å². The van der Waals surface area contributed by atoms with Crippen LogP contribution in [0.4, 0.5) is 5.69 Å². The lowest BCUT2D eigenvalue weighted by atomic mass is 10.1. The van der Waals surface area contributed by atoms with Crippen LogP contribution in [0.3, 0.4) is 0 Å². The Labute approximate surface area is 121 Å². The lowest BCUT2D eigenvalue weighted by molar-refractivity contribution is -0.384. The van der Waals surface area contributed by atoms with Crippen molar-refractivity contribution in [3.8, 4) is 11.8 Å². The number of nitriles is 1. The van der Waals surface area contributed by atoms with Crippen LogP contribution in [-0.4, -0.2) is 10.6 Å². The second-order valence-corrected chi connectivity index (χ2v) is 4.18. The molecule has 0 saturated carbocycles. The van der Waals surface area contributed by atoms with Crippen LogP contribution < -0.4 is 4.84 Å². The van der Waals surface area contributed by atoms with E-state index in [-0.39, 0.29) is 5.69 Å². The molecule has 6 nitrogen and oxygen atoms in total. The lowest BCUT2D eigenvalue weighted by Gasteiger charge is -2.03. The van der Waals surface area contributed by atoms with E-state index in [0.29, 0.717) is 22.6 Å².